The first kappa shape index (κ1) is 14.4. The minimum Gasteiger partial charge on any atom is -0.423 e. The van der Waals surface area contributed by atoms with Gasteiger partial charge in [0.05, 0.1) is 0 Å². The van der Waals surface area contributed by atoms with Gasteiger partial charge in [0, 0.05) is 30.7 Å². The standard InChI is InChI=1S/C13H16ClN3O.ClH/c1-9-4-6-17(7-5-15-9)13-16-11-8-10(14)2-3-12(11)18-13;/h2-3,8-9,15H,4-7H2,1H3;1H/t9-;/m1./s1. The van der Waals surface area contributed by atoms with Gasteiger partial charge in [-0.05, 0) is 31.5 Å². The molecule has 2 heterocycles. The van der Waals surface area contributed by atoms with E-state index in [-0.39, 0.29) is 12.4 Å². The number of fused-ring (bicyclic) bond motifs is 1. The average Bonchev–Trinajstić information content (AvgIpc) is 2.63. The lowest BCUT2D eigenvalue weighted by atomic mass is 10.2. The third kappa shape index (κ3) is 3.14. The zero-order valence-electron chi connectivity index (χ0n) is 10.7. The summed E-state index contributed by atoms with van der Waals surface area (Å²) in [7, 11) is 0. The zero-order chi connectivity index (χ0) is 12.5. The molecule has 19 heavy (non-hydrogen) atoms. The summed E-state index contributed by atoms with van der Waals surface area (Å²) in [5.41, 5.74) is 1.61. The summed E-state index contributed by atoms with van der Waals surface area (Å²) >= 11 is 5.95. The van der Waals surface area contributed by atoms with Crippen molar-refractivity contribution in [2.75, 3.05) is 24.5 Å². The Morgan fingerprint density at radius 3 is 3.11 bits per heavy atom. The first-order valence-electron chi connectivity index (χ1n) is 6.27. The lowest BCUT2D eigenvalue weighted by Gasteiger charge is -2.16. The van der Waals surface area contributed by atoms with E-state index in [1.165, 1.54) is 0 Å². The van der Waals surface area contributed by atoms with E-state index in [9.17, 15) is 0 Å². The van der Waals surface area contributed by atoms with Crippen molar-refractivity contribution in [3.63, 3.8) is 0 Å². The molecule has 0 amide bonds. The van der Waals surface area contributed by atoms with Crippen molar-refractivity contribution >= 4 is 41.1 Å². The average molecular weight is 302 g/mol. The number of rotatable bonds is 1. The molecule has 1 aliphatic heterocycles. The van der Waals surface area contributed by atoms with Gasteiger partial charge in [0.15, 0.2) is 5.58 Å². The van der Waals surface area contributed by atoms with Crippen molar-refractivity contribution < 1.29 is 4.42 Å². The fraction of sp³-hybridized carbons (Fsp3) is 0.462. The molecule has 0 unspecified atom stereocenters. The summed E-state index contributed by atoms with van der Waals surface area (Å²) in [6.07, 6.45) is 1.10. The number of nitrogens with zero attached hydrogens (tertiary/aromatic N) is 2. The molecule has 3 rings (SSSR count). The van der Waals surface area contributed by atoms with Gasteiger partial charge in [-0.2, -0.15) is 4.98 Å². The van der Waals surface area contributed by atoms with Crippen molar-refractivity contribution in [2.24, 2.45) is 0 Å². The van der Waals surface area contributed by atoms with Crippen LogP contribution >= 0.6 is 24.0 Å². The third-order valence-corrected chi connectivity index (χ3v) is 3.55. The van der Waals surface area contributed by atoms with Gasteiger partial charge in [0.2, 0.25) is 0 Å². The molecule has 1 atom stereocenters. The molecule has 0 bridgehead atoms. The van der Waals surface area contributed by atoms with Gasteiger partial charge in [-0.1, -0.05) is 11.6 Å². The van der Waals surface area contributed by atoms with E-state index < -0.39 is 0 Å². The summed E-state index contributed by atoms with van der Waals surface area (Å²) < 4.78 is 5.78. The van der Waals surface area contributed by atoms with Gasteiger partial charge in [-0.15, -0.1) is 12.4 Å². The summed E-state index contributed by atoms with van der Waals surface area (Å²) in [4.78, 5) is 6.70. The van der Waals surface area contributed by atoms with Crippen molar-refractivity contribution in [3.05, 3.63) is 23.2 Å². The van der Waals surface area contributed by atoms with Gasteiger partial charge in [0.1, 0.15) is 5.52 Å². The molecule has 104 valence electrons. The Balaban J connectivity index is 0.00000133. The van der Waals surface area contributed by atoms with Gasteiger partial charge < -0.3 is 14.6 Å². The fourth-order valence-corrected chi connectivity index (χ4v) is 2.39. The highest BCUT2D eigenvalue weighted by Gasteiger charge is 2.18. The van der Waals surface area contributed by atoms with Gasteiger partial charge >= 0.3 is 0 Å². The van der Waals surface area contributed by atoms with Crippen LogP contribution in [0.1, 0.15) is 13.3 Å². The molecule has 0 saturated carbocycles. The predicted molar refractivity (Wildman–Crippen MR) is 80.6 cm³/mol. The fourth-order valence-electron chi connectivity index (χ4n) is 2.22. The first-order valence-corrected chi connectivity index (χ1v) is 6.64. The number of anilines is 1. The van der Waals surface area contributed by atoms with Crippen LogP contribution in [0.15, 0.2) is 22.6 Å². The molecule has 1 aromatic carbocycles. The van der Waals surface area contributed by atoms with Crippen LogP contribution in [-0.4, -0.2) is 30.7 Å². The number of benzene rings is 1. The van der Waals surface area contributed by atoms with Gasteiger partial charge in [0.25, 0.3) is 6.01 Å². The summed E-state index contributed by atoms with van der Waals surface area (Å²) in [6.45, 7) is 5.05. The normalized spacial score (nSPS) is 20.1. The van der Waals surface area contributed by atoms with Crippen LogP contribution in [0, 0.1) is 0 Å². The molecule has 1 N–H and O–H groups in total. The predicted octanol–water partition coefficient (Wildman–Crippen LogP) is 3.09. The Labute approximate surface area is 123 Å². The third-order valence-electron chi connectivity index (χ3n) is 3.32. The van der Waals surface area contributed by atoms with E-state index in [4.69, 9.17) is 16.0 Å². The number of oxazole rings is 1. The lowest BCUT2D eigenvalue weighted by Crippen LogP contribution is -2.29. The second-order valence-corrected chi connectivity index (χ2v) is 5.18. The number of hydrogen-bond donors (Lipinski definition) is 1. The van der Waals surface area contributed by atoms with Crippen molar-refractivity contribution in [1.29, 1.82) is 0 Å². The number of aromatic nitrogens is 1. The Hall–Kier alpha value is -0.970. The minimum atomic E-state index is 0. The van der Waals surface area contributed by atoms with Crippen LogP contribution in [0.5, 0.6) is 0 Å². The Bertz CT molecular complexity index is 558. The van der Waals surface area contributed by atoms with Crippen molar-refractivity contribution in [3.8, 4) is 0 Å². The van der Waals surface area contributed by atoms with Crippen LogP contribution in [0.3, 0.4) is 0 Å². The van der Waals surface area contributed by atoms with E-state index in [1.807, 2.05) is 18.2 Å². The largest absolute Gasteiger partial charge is 0.423 e. The molecule has 1 fully saturated rings. The zero-order valence-corrected chi connectivity index (χ0v) is 12.3. The molecular formula is C13H17Cl2N3O. The Kier molecular flexibility index (Phi) is 4.55. The van der Waals surface area contributed by atoms with Gasteiger partial charge in [-0.25, -0.2) is 0 Å². The van der Waals surface area contributed by atoms with Crippen LogP contribution in [0.2, 0.25) is 5.02 Å². The molecule has 0 radical (unpaired) electrons. The highest BCUT2D eigenvalue weighted by atomic mass is 35.5. The maximum Gasteiger partial charge on any atom is 0.298 e. The van der Waals surface area contributed by atoms with Crippen molar-refractivity contribution in [2.45, 2.75) is 19.4 Å². The highest BCUT2D eigenvalue weighted by Crippen LogP contribution is 2.25. The molecule has 6 heteroatoms. The molecule has 1 aliphatic rings. The Morgan fingerprint density at radius 2 is 2.26 bits per heavy atom. The topological polar surface area (TPSA) is 41.3 Å². The van der Waals surface area contributed by atoms with E-state index in [0.29, 0.717) is 17.1 Å². The summed E-state index contributed by atoms with van der Waals surface area (Å²) in [6, 6.07) is 6.78. The first-order chi connectivity index (χ1) is 8.72. The quantitative estimate of drug-likeness (QED) is 0.879. The Morgan fingerprint density at radius 1 is 1.42 bits per heavy atom. The highest BCUT2D eigenvalue weighted by molar-refractivity contribution is 6.31. The number of halogens is 2. The summed E-state index contributed by atoms with van der Waals surface area (Å²) in [5, 5.41) is 4.14. The maximum absolute atomic E-state index is 5.95. The minimum absolute atomic E-state index is 0. The SMILES string of the molecule is C[C@@H]1CCN(c2nc3cc(Cl)ccc3o2)CCN1.Cl. The smallest absolute Gasteiger partial charge is 0.298 e. The van der Waals surface area contributed by atoms with E-state index in [2.05, 4.69) is 22.1 Å². The van der Waals surface area contributed by atoms with Gasteiger partial charge in [-0.3, -0.25) is 0 Å². The second kappa shape index (κ2) is 5.99. The van der Waals surface area contributed by atoms with Crippen molar-refractivity contribution in [1.82, 2.24) is 10.3 Å². The molecule has 0 spiro atoms. The second-order valence-electron chi connectivity index (χ2n) is 4.74. The number of nitrogens with one attached hydrogen (secondary N) is 1. The van der Waals surface area contributed by atoms with E-state index in [1.54, 1.807) is 0 Å². The van der Waals surface area contributed by atoms with E-state index >= 15 is 0 Å². The molecule has 0 aliphatic carbocycles. The molecule has 4 nitrogen and oxygen atoms in total. The molecule has 1 saturated heterocycles. The molecule has 2 aromatic rings. The van der Waals surface area contributed by atoms with E-state index in [0.717, 1.165) is 37.2 Å². The van der Waals surface area contributed by atoms with Crippen LogP contribution in [-0.2, 0) is 0 Å². The van der Waals surface area contributed by atoms with Crippen LogP contribution in [0.4, 0.5) is 6.01 Å². The maximum atomic E-state index is 5.95. The van der Waals surface area contributed by atoms with Crippen LogP contribution < -0.4 is 10.2 Å². The lowest BCUT2D eigenvalue weighted by molar-refractivity contribution is 0.559. The molecular weight excluding hydrogens is 285 g/mol. The number of hydrogen-bond acceptors (Lipinski definition) is 4. The van der Waals surface area contributed by atoms with Crippen LogP contribution in [0.25, 0.3) is 11.1 Å². The monoisotopic (exact) mass is 301 g/mol. The molecule has 1 aromatic heterocycles. The summed E-state index contributed by atoms with van der Waals surface area (Å²) in [5.74, 6) is 0.